The smallest absolute Gasteiger partial charge is 0.306 e. The molecule has 0 radical (unpaired) electrons. The Labute approximate surface area is 149 Å². The maximum atomic E-state index is 11.8. The van der Waals surface area contributed by atoms with Crippen LogP contribution in [-0.4, -0.2) is 18.0 Å². The Morgan fingerprint density at radius 2 is 1.60 bits per heavy atom. The summed E-state index contributed by atoms with van der Waals surface area (Å²) in [6.45, 7) is 6.13. The van der Waals surface area contributed by atoms with E-state index < -0.39 is 0 Å². The van der Waals surface area contributed by atoms with Crippen LogP contribution in [0, 0.1) is 5.92 Å². The SMILES string of the molecule is CC(C)C(C)OC(=O)CCCC(=O)OCc1ccc2ccccc2c1. The highest BCUT2D eigenvalue weighted by Gasteiger charge is 2.13. The summed E-state index contributed by atoms with van der Waals surface area (Å²) in [5, 5.41) is 2.28. The van der Waals surface area contributed by atoms with E-state index in [4.69, 9.17) is 9.47 Å². The van der Waals surface area contributed by atoms with Crippen LogP contribution in [0.25, 0.3) is 10.8 Å². The number of carbonyl (C=O) groups excluding carboxylic acids is 2. The summed E-state index contributed by atoms with van der Waals surface area (Å²) in [4.78, 5) is 23.5. The molecule has 2 rings (SSSR count). The number of benzene rings is 2. The number of fused-ring (bicyclic) bond motifs is 1. The highest BCUT2D eigenvalue weighted by molar-refractivity contribution is 5.83. The molecule has 0 saturated heterocycles. The van der Waals surface area contributed by atoms with E-state index in [1.807, 2.05) is 63.2 Å². The minimum Gasteiger partial charge on any atom is -0.462 e. The van der Waals surface area contributed by atoms with E-state index in [9.17, 15) is 9.59 Å². The minimum atomic E-state index is -0.294. The Morgan fingerprint density at radius 3 is 2.32 bits per heavy atom. The Balaban J connectivity index is 1.70. The molecule has 0 spiro atoms. The molecule has 0 fully saturated rings. The Kier molecular flexibility index (Phi) is 6.99. The molecule has 0 amide bonds. The predicted molar refractivity (Wildman–Crippen MR) is 98.0 cm³/mol. The highest BCUT2D eigenvalue weighted by atomic mass is 16.5. The maximum absolute atomic E-state index is 11.8. The molecule has 0 bridgehead atoms. The topological polar surface area (TPSA) is 52.6 Å². The van der Waals surface area contributed by atoms with E-state index in [0.29, 0.717) is 6.42 Å². The molecule has 2 aromatic carbocycles. The molecule has 1 unspecified atom stereocenters. The van der Waals surface area contributed by atoms with E-state index in [2.05, 4.69) is 0 Å². The Morgan fingerprint density at radius 1 is 0.920 bits per heavy atom. The van der Waals surface area contributed by atoms with Gasteiger partial charge in [0, 0.05) is 12.8 Å². The van der Waals surface area contributed by atoms with Crippen LogP contribution in [0.2, 0.25) is 0 Å². The number of esters is 2. The largest absolute Gasteiger partial charge is 0.462 e. The van der Waals surface area contributed by atoms with E-state index in [0.717, 1.165) is 16.3 Å². The molecule has 1 atom stereocenters. The lowest BCUT2D eigenvalue weighted by Crippen LogP contribution is -2.20. The lowest BCUT2D eigenvalue weighted by molar-refractivity contribution is -0.150. The van der Waals surface area contributed by atoms with Crippen molar-refractivity contribution in [2.24, 2.45) is 5.92 Å². The average Bonchev–Trinajstić information content (AvgIpc) is 2.59. The van der Waals surface area contributed by atoms with Crippen molar-refractivity contribution in [1.29, 1.82) is 0 Å². The van der Waals surface area contributed by atoms with E-state index >= 15 is 0 Å². The van der Waals surface area contributed by atoms with Crippen LogP contribution in [0.1, 0.15) is 45.6 Å². The van der Waals surface area contributed by atoms with Crippen molar-refractivity contribution in [3.63, 3.8) is 0 Å². The van der Waals surface area contributed by atoms with Gasteiger partial charge in [-0.1, -0.05) is 50.2 Å². The zero-order valence-corrected chi connectivity index (χ0v) is 15.2. The molecule has 0 saturated carbocycles. The fourth-order valence-electron chi connectivity index (χ4n) is 2.34. The van der Waals surface area contributed by atoms with Crippen molar-refractivity contribution >= 4 is 22.7 Å². The first-order chi connectivity index (χ1) is 12.0. The van der Waals surface area contributed by atoms with Gasteiger partial charge in [-0.2, -0.15) is 0 Å². The van der Waals surface area contributed by atoms with Gasteiger partial charge in [-0.05, 0) is 41.7 Å². The predicted octanol–water partition coefficient (Wildman–Crippen LogP) is 4.64. The van der Waals surface area contributed by atoms with E-state index in [1.54, 1.807) is 0 Å². The average molecular weight is 342 g/mol. The summed E-state index contributed by atoms with van der Waals surface area (Å²) in [5.41, 5.74) is 0.956. The summed E-state index contributed by atoms with van der Waals surface area (Å²) in [5.74, 6) is -0.266. The van der Waals surface area contributed by atoms with Gasteiger partial charge in [0.2, 0.25) is 0 Å². The molecule has 4 nitrogen and oxygen atoms in total. The van der Waals surface area contributed by atoms with Crippen molar-refractivity contribution < 1.29 is 19.1 Å². The van der Waals surface area contributed by atoms with Crippen LogP contribution >= 0.6 is 0 Å². The van der Waals surface area contributed by atoms with Crippen molar-refractivity contribution in [3.05, 3.63) is 48.0 Å². The minimum absolute atomic E-state index is 0.104. The maximum Gasteiger partial charge on any atom is 0.306 e. The van der Waals surface area contributed by atoms with Gasteiger partial charge in [-0.3, -0.25) is 9.59 Å². The van der Waals surface area contributed by atoms with Crippen molar-refractivity contribution in [2.45, 2.75) is 52.7 Å². The van der Waals surface area contributed by atoms with Gasteiger partial charge in [0.05, 0.1) is 0 Å². The van der Waals surface area contributed by atoms with Crippen molar-refractivity contribution in [2.75, 3.05) is 0 Å². The highest BCUT2D eigenvalue weighted by Crippen LogP contribution is 2.16. The lowest BCUT2D eigenvalue weighted by atomic mass is 10.1. The van der Waals surface area contributed by atoms with Crippen molar-refractivity contribution in [1.82, 2.24) is 0 Å². The van der Waals surface area contributed by atoms with Gasteiger partial charge in [-0.15, -0.1) is 0 Å². The first-order valence-electron chi connectivity index (χ1n) is 8.78. The molecular weight excluding hydrogens is 316 g/mol. The number of hydrogen-bond acceptors (Lipinski definition) is 4. The number of ether oxygens (including phenoxy) is 2. The summed E-state index contributed by atoms with van der Waals surface area (Å²) < 4.78 is 10.6. The molecular formula is C21H26O4. The third-order valence-corrected chi connectivity index (χ3v) is 4.23. The second-order valence-electron chi connectivity index (χ2n) is 6.63. The van der Waals surface area contributed by atoms with Gasteiger partial charge in [-0.25, -0.2) is 0 Å². The molecule has 0 aromatic heterocycles. The van der Waals surface area contributed by atoms with Crippen LogP contribution in [-0.2, 0) is 25.7 Å². The second kappa shape index (κ2) is 9.21. The van der Waals surface area contributed by atoms with Crippen LogP contribution in [0.15, 0.2) is 42.5 Å². The molecule has 134 valence electrons. The molecule has 0 heterocycles. The number of carbonyl (C=O) groups is 2. The molecule has 0 aliphatic heterocycles. The first-order valence-corrected chi connectivity index (χ1v) is 8.78. The lowest BCUT2D eigenvalue weighted by Gasteiger charge is -2.16. The molecule has 2 aromatic rings. The van der Waals surface area contributed by atoms with Gasteiger partial charge in [0.15, 0.2) is 0 Å². The van der Waals surface area contributed by atoms with Gasteiger partial charge < -0.3 is 9.47 Å². The Bertz CT molecular complexity index is 721. The summed E-state index contributed by atoms with van der Waals surface area (Å²) in [6.07, 6.45) is 0.800. The number of hydrogen-bond donors (Lipinski definition) is 0. The van der Waals surface area contributed by atoms with Crippen LogP contribution in [0.5, 0.6) is 0 Å². The molecule has 25 heavy (non-hydrogen) atoms. The molecule has 4 heteroatoms. The fraction of sp³-hybridized carbons (Fsp3) is 0.429. The van der Waals surface area contributed by atoms with E-state index in [-0.39, 0.29) is 43.4 Å². The summed E-state index contributed by atoms with van der Waals surface area (Å²) >= 11 is 0. The fourth-order valence-corrected chi connectivity index (χ4v) is 2.34. The monoisotopic (exact) mass is 342 g/mol. The molecule has 0 N–H and O–H groups in total. The summed E-state index contributed by atoms with van der Waals surface area (Å²) in [6, 6.07) is 14.1. The normalized spacial score (nSPS) is 12.2. The van der Waals surface area contributed by atoms with Gasteiger partial charge >= 0.3 is 11.9 Å². The molecule has 0 aliphatic carbocycles. The van der Waals surface area contributed by atoms with Crippen LogP contribution < -0.4 is 0 Å². The zero-order chi connectivity index (χ0) is 18.2. The van der Waals surface area contributed by atoms with Gasteiger partial charge in [0.1, 0.15) is 12.7 Å². The third kappa shape index (κ3) is 6.22. The van der Waals surface area contributed by atoms with Crippen molar-refractivity contribution in [3.8, 4) is 0 Å². The second-order valence-corrected chi connectivity index (χ2v) is 6.63. The van der Waals surface area contributed by atoms with E-state index in [1.165, 1.54) is 0 Å². The summed E-state index contributed by atoms with van der Waals surface area (Å²) in [7, 11) is 0. The zero-order valence-electron chi connectivity index (χ0n) is 15.2. The quantitative estimate of drug-likeness (QED) is 0.656. The van der Waals surface area contributed by atoms with Crippen LogP contribution in [0.3, 0.4) is 0 Å². The first kappa shape index (κ1) is 19.0. The van der Waals surface area contributed by atoms with Gasteiger partial charge in [0.25, 0.3) is 0 Å². The number of rotatable bonds is 8. The van der Waals surface area contributed by atoms with Crippen LogP contribution in [0.4, 0.5) is 0 Å². The Hall–Kier alpha value is -2.36. The molecule has 0 aliphatic rings. The third-order valence-electron chi connectivity index (χ3n) is 4.23. The standard InChI is InChI=1S/C21H26O4/c1-15(2)16(3)25-21(23)10-6-9-20(22)24-14-17-11-12-18-7-4-5-8-19(18)13-17/h4-5,7-8,11-13,15-16H,6,9-10,14H2,1-3H3.